The Morgan fingerprint density at radius 2 is 2.21 bits per heavy atom. The summed E-state index contributed by atoms with van der Waals surface area (Å²) in [5.41, 5.74) is 1.25. The second kappa shape index (κ2) is 6.35. The van der Waals surface area contributed by atoms with Crippen molar-refractivity contribution in [3.05, 3.63) is 35.4 Å². The first-order valence-corrected chi connectivity index (χ1v) is 6.78. The Kier molecular flexibility index (Phi) is 4.53. The van der Waals surface area contributed by atoms with Gasteiger partial charge in [0.05, 0.1) is 11.6 Å². The maximum absolute atomic E-state index is 12.5. The van der Waals surface area contributed by atoms with Gasteiger partial charge in [-0.1, -0.05) is 6.92 Å². The Morgan fingerprint density at radius 1 is 1.47 bits per heavy atom. The van der Waals surface area contributed by atoms with Crippen LogP contribution in [0.25, 0.3) is 0 Å². The van der Waals surface area contributed by atoms with Gasteiger partial charge >= 0.3 is 0 Å². The molecule has 100 valence electrons. The Balaban J connectivity index is 2.15. The van der Waals surface area contributed by atoms with E-state index in [4.69, 9.17) is 5.26 Å². The van der Waals surface area contributed by atoms with Crippen LogP contribution in [0.3, 0.4) is 0 Å². The van der Waals surface area contributed by atoms with Gasteiger partial charge in [-0.15, -0.1) is 0 Å². The van der Waals surface area contributed by atoms with Gasteiger partial charge in [0.25, 0.3) is 5.91 Å². The molecule has 1 aromatic rings. The zero-order chi connectivity index (χ0) is 13.7. The van der Waals surface area contributed by atoms with E-state index in [-0.39, 0.29) is 5.91 Å². The van der Waals surface area contributed by atoms with Crippen LogP contribution >= 0.6 is 0 Å². The SMILES string of the molecule is CCCN(C(=O)c1ccc(C#N)cc1)[C@@H]1CCNC1. The van der Waals surface area contributed by atoms with Crippen molar-refractivity contribution >= 4 is 5.91 Å². The molecule has 0 radical (unpaired) electrons. The Morgan fingerprint density at radius 3 is 2.74 bits per heavy atom. The summed E-state index contributed by atoms with van der Waals surface area (Å²) >= 11 is 0. The topological polar surface area (TPSA) is 56.1 Å². The number of carbonyl (C=O) groups is 1. The number of nitriles is 1. The highest BCUT2D eigenvalue weighted by molar-refractivity contribution is 5.94. The van der Waals surface area contributed by atoms with Crippen molar-refractivity contribution in [3.63, 3.8) is 0 Å². The molecule has 0 bridgehead atoms. The molecule has 1 aliphatic rings. The number of amides is 1. The van der Waals surface area contributed by atoms with Crippen molar-refractivity contribution < 1.29 is 4.79 Å². The lowest BCUT2D eigenvalue weighted by atomic mass is 10.1. The summed E-state index contributed by atoms with van der Waals surface area (Å²) in [6, 6.07) is 9.24. The summed E-state index contributed by atoms with van der Waals surface area (Å²) in [6.45, 7) is 4.72. The summed E-state index contributed by atoms with van der Waals surface area (Å²) in [5, 5.41) is 12.1. The van der Waals surface area contributed by atoms with Gasteiger partial charge in [0.15, 0.2) is 0 Å². The first kappa shape index (κ1) is 13.6. The van der Waals surface area contributed by atoms with E-state index in [1.165, 1.54) is 0 Å². The molecule has 1 N–H and O–H groups in total. The van der Waals surface area contributed by atoms with Crippen LogP contribution in [-0.2, 0) is 0 Å². The Bertz CT molecular complexity index is 469. The van der Waals surface area contributed by atoms with Gasteiger partial charge in [0, 0.05) is 24.7 Å². The van der Waals surface area contributed by atoms with E-state index in [1.54, 1.807) is 24.3 Å². The average Bonchev–Trinajstić information content (AvgIpc) is 2.98. The minimum absolute atomic E-state index is 0.0695. The van der Waals surface area contributed by atoms with Gasteiger partial charge in [-0.3, -0.25) is 4.79 Å². The molecule has 1 aromatic carbocycles. The molecule has 1 saturated heterocycles. The van der Waals surface area contributed by atoms with Crippen molar-refractivity contribution in [2.75, 3.05) is 19.6 Å². The third-order valence-electron chi connectivity index (χ3n) is 3.46. The molecular weight excluding hydrogens is 238 g/mol. The number of nitrogens with zero attached hydrogens (tertiary/aromatic N) is 2. The number of hydrogen-bond donors (Lipinski definition) is 1. The van der Waals surface area contributed by atoms with E-state index in [1.807, 2.05) is 4.90 Å². The number of carbonyl (C=O) groups excluding carboxylic acids is 1. The van der Waals surface area contributed by atoms with E-state index in [0.717, 1.165) is 32.5 Å². The fourth-order valence-electron chi connectivity index (χ4n) is 2.45. The molecule has 19 heavy (non-hydrogen) atoms. The molecule has 1 heterocycles. The predicted molar refractivity (Wildman–Crippen MR) is 73.8 cm³/mol. The number of nitrogens with one attached hydrogen (secondary N) is 1. The van der Waals surface area contributed by atoms with Gasteiger partial charge in [-0.05, 0) is 43.7 Å². The Labute approximate surface area is 114 Å². The third kappa shape index (κ3) is 3.12. The highest BCUT2D eigenvalue weighted by atomic mass is 16.2. The minimum atomic E-state index is 0.0695. The molecule has 0 unspecified atom stereocenters. The van der Waals surface area contributed by atoms with E-state index in [0.29, 0.717) is 17.2 Å². The van der Waals surface area contributed by atoms with E-state index in [2.05, 4.69) is 18.3 Å². The van der Waals surface area contributed by atoms with Crippen LogP contribution in [0.15, 0.2) is 24.3 Å². The monoisotopic (exact) mass is 257 g/mol. The molecule has 1 amide bonds. The first-order valence-electron chi connectivity index (χ1n) is 6.78. The smallest absolute Gasteiger partial charge is 0.254 e. The molecule has 0 spiro atoms. The maximum Gasteiger partial charge on any atom is 0.254 e. The Hall–Kier alpha value is -1.86. The van der Waals surface area contributed by atoms with Crippen molar-refractivity contribution in [2.24, 2.45) is 0 Å². The minimum Gasteiger partial charge on any atom is -0.334 e. The van der Waals surface area contributed by atoms with Gasteiger partial charge in [-0.2, -0.15) is 5.26 Å². The highest BCUT2D eigenvalue weighted by Gasteiger charge is 2.26. The summed E-state index contributed by atoms with van der Waals surface area (Å²) in [7, 11) is 0. The van der Waals surface area contributed by atoms with Crippen LogP contribution < -0.4 is 5.32 Å². The van der Waals surface area contributed by atoms with Crippen LogP contribution in [0.5, 0.6) is 0 Å². The standard InChI is InChI=1S/C15H19N3O/c1-2-9-18(14-7-8-17-11-14)15(19)13-5-3-12(10-16)4-6-13/h3-6,14,17H,2,7-9,11H2,1H3/t14-/m1/s1. The lowest BCUT2D eigenvalue weighted by Crippen LogP contribution is -2.42. The largest absolute Gasteiger partial charge is 0.334 e. The molecule has 4 nitrogen and oxygen atoms in total. The van der Waals surface area contributed by atoms with Gasteiger partial charge < -0.3 is 10.2 Å². The molecule has 2 rings (SSSR count). The van der Waals surface area contributed by atoms with E-state index >= 15 is 0 Å². The average molecular weight is 257 g/mol. The first-order chi connectivity index (χ1) is 9.26. The van der Waals surface area contributed by atoms with Crippen LogP contribution in [0, 0.1) is 11.3 Å². The fourth-order valence-corrected chi connectivity index (χ4v) is 2.45. The van der Waals surface area contributed by atoms with E-state index in [9.17, 15) is 4.79 Å². The van der Waals surface area contributed by atoms with E-state index < -0.39 is 0 Å². The van der Waals surface area contributed by atoms with Crippen LogP contribution in [0.2, 0.25) is 0 Å². The molecule has 1 fully saturated rings. The van der Waals surface area contributed by atoms with Crippen LogP contribution in [0.4, 0.5) is 0 Å². The molecule has 0 aliphatic carbocycles. The van der Waals surface area contributed by atoms with Crippen LogP contribution in [-0.4, -0.2) is 36.5 Å². The van der Waals surface area contributed by atoms with Crippen molar-refractivity contribution in [3.8, 4) is 6.07 Å². The third-order valence-corrected chi connectivity index (χ3v) is 3.46. The van der Waals surface area contributed by atoms with Crippen LogP contribution in [0.1, 0.15) is 35.7 Å². The lowest BCUT2D eigenvalue weighted by molar-refractivity contribution is 0.0692. The molecule has 0 aromatic heterocycles. The summed E-state index contributed by atoms with van der Waals surface area (Å²) < 4.78 is 0. The van der Waals surface area contributed by atoms with Crippen molar-refractivity contribution in [1.29, 1.82) is 5.26 Å². The second-order valence-corrected chi connectivity index (χ2v) is 4.83. The highest BCUT2D eigenvalue weighted by Crippen LogP contribution is 2.14. The van der Waals surface area contributed by atoms with Crippen molar-refractivity contribution in [2.45, 2.75) is 25.8 Å². The summed E-state index contributed by atoms with van der Waals surface area (Å²) in [4.78, 5) is 14.5. The molecular formula is C15H19N3O. The molecule has 0 saturated carbocycles. The fraction of sp³-hybridized carbons (Fsp3) is 0.467. The normalized spacial score (nSPS) is 18.0. The summed E-state index contributed by atoms with van der Waals surface area (Å²) in [6.07, 6.45) is 1.97. The summed E-state index contributed by atoms with van der Waals surface area (Å²) in [5.74, 6) is 0.0695. The lowest BCUT2D eigenvalue weighted by Gasteiger charge is -2.28. The number of rotatable bonds is 4. The molecule has 4 heteroatoms. The molecule has 1 atom stereocenters. The van der Waals surface area contributed by atoms with Gasteiger partial charge in [0.1, 0.15) is 0 Å². The zero-order valence-corrected chi connectivity index (χ0v) is 11.2. The zero-order valence-electron chi connectivity index (χ0n) is 11.2. The van der Waals surface area contributed by atoms with Gasteiger partial charge in [-0.25, -0.2) is 0 Å². The number of hydrogen-bond acceptors (Lipinski definition) is 3. The second-order valence-electron chi connectivity index (χ2n) is 4.83. The number of benzene rings is 1. The van der Waals surface area contributed by atoms with Crippen molar-refractivity contribution in [1.82, 2.24) is 10.2 Å². The molecule has 1 aliphatic heterocycles. The van der Waals surface area contributed by atoms with Gasteiger partial charge in [0.2, 0.25) is 0 Å². The predicted octanol–water partition coefficient (Wildman–Crippen LogP) is 1.77. The maximum atomic E-state index is 12.5. The quantitative estimate of drug-likeness (QED) is 0.894.